The number of aromatic nitrogens is 1. The average molecular weight is 239 g/mol. The van der Waals surface area contributed by atoms with Gasteiger partial charge in [-0.2, -0.15) is 0 Å². The van der Waals surface area contributed by atoms with Crippen molar-refractivity contribution in [3.8, 4) is 0 Å². The lowest BCUT2D eigenvalue weighted by Crippen LogP contribution is -2.38. The van der Waals surface area contributed by atoms with E-state index in [-0.39, 0.29) is 6.04 Å². The third-order valence-corrected chi connectivity index (χ3v) is 2.15. The molecule has 88 valence electrons. The number of aryl methyl sites for hydroxylation is 1. The molecule has 2 N–H and O–H groups in total. The van der Waals surface area contributed by atoms with Crippen molar-refractivity contribution in [2.45, 2.75) is 19.9 Å². The van der Waals surface area contributed by atoms with Crippen molar-refractivity contribution in [1.29, 1.82) is 0 Å². The maximum atomic E-state index is 5.16. The minimum Gasteiger partial charge on any atom is -0.383 e. The molecule has 1 aromatic rings. The number of thiocarbonyl (C=S) groups is 1. The van der Waals surface area contributed by atoms with E-state index in [4.69, 9.17) is 17.0 Å². The van der Waals surface area contributed by atoms with Crippen molar-refractivity contribution in [3.63, 3.8) is 0 Å². The maximum Gasteiger partial charge on any atom is 0.171 e. The van der Waals surface area contributed by atoms with Crippen LogP contribution in [0.1, 0.15) is 12.5 Å². The van der Waals surface area contributed by atoms with Gasteiger partial charge in [-0.15, -0.1) is 0 Å². The summed E-state index contributed by atoms with van der Waals surface area (Å²) in [7, 11) is 1.67. The van der Waals surface area contributed by atoms with Gasteiger partial charge in [-0.3, -0.25) is 4.98 Å². The highest BCUT2D eigenvalue weighted by molar-refractivity contribution is 7.80. The van der Waals surface area contributed by atoms with Crippen molar-refractivity contribution in [3.05, 3.63) is 24.0 Å². The van der Waals surface area contributed by atoms with Crippen LogP contribution in [0.25, 0.3) is 0 Å². The standard InChI is InChI=1S/C11H17N3OS/c1-8-4-10(6-12-5-8)14-11(16)13-9(2)7-15-3/h4-6,9H,7H2,1-3H3,(H2,13,14,16). The predicted octanol–water partition coefficient (Wildman–Crippen LogP) is 1.71. The zero-order chi connectivity index (χ0) is 12.0. The van der Waals surface area contributed by atoms with Crippen LogP contribution in [0.5, 0.6) is 0 Å². The molecule has 0 fully saturated rings. The molecule has 0 saturated heterocycles. The van der Waals surface area contributed by atoms with Crippen LogP contribution in [-0.4, -0.2) is 29.9 Å². The second kappa shape index (κ2) is 6.40. The summed E-state index contributed by atoms with van der Waals surface area (Å²) in [5.74, 6) is 0. The number of pyridine rings is 1. The lowest BCUT2D eigenvalue weighted by atomic mass is 10.3. The Kier molecular flexibility index (Phi) is 5.14. The summed E-state index contributed by atoms with van der Waals surface area (Å²) in [6.45, 7) is 4.61. The number of methoxy groups -OCH3 is 1. The zero-order valence-corrected chi connectivity index (χ0v) is 10.6. The highest BCUT2D eigenvalue weighted by atomic mass is 32.1. The molecule has 0 radical (unpaired) electrons. The molecule has 0 aromatic carbocycles. The molecule has 5 heteroatoms. The first-order chi connectivity index (χ1) is 7.61. The van der Waals surface area contributed by atoms with E-state index in [1.165, 1.54) is 0 Å². The van der Waals surface area contributed by atoms with Gasteiger partial charge in [-0.1, -0.05) is 0 Å². The molecular formula is C11H17N3OS. The molecule has 4 nitrogen and oxygen atoms in total. The second-order valence-corrected chi connectivity index (χ2v) is 4.11. The van der Waals surface area contributed by atoms with Gasteiger partial charge in [-0.25, -0.2) is 0 Å². The van der Waals surface area contributed by atoms with Crippen molar-refractivity contribution in [2.24, 2.45) is 0 Å². The van der Waals surface area contributed by atoms with Crippen molar-refractivity contribution in [2.75, 3.05) is 19.0 Å². The molecule has 0 aliphatic heterocycles. The Balaban J connectivity index is 2.45. The summed E-state index contributed by atoms with van der Waals surface area (Å²) in [5, 5.41) is 6.77. The molecule has 0 aliphatic carbocycles. The van der Waals surface area contributed by atoms with E-state index < -0.39 is 0 Å². The number of nitrogens with zero attached hydrogens (tertiary/aromatic N) is 1. The Bertz CT molecular complexity index is 357. The zero-order valence-electron chi connectivity index (χ0n) is 9.78. The number of hydrogen-bond acceptors (Lipinski definition) is 3. The quantitative estimate of drug-likeness (QED) is 0.783. The van der Waals surface area contributed by atoms with Crippen LogP contribution >= 0.6 is 12.2 Å². The number of nitrogens with one attached hydrogen (secondary N) is 2. The van der Waals surface area contributed by atoms with Crippen molar-refractivity contribution in [1.82, 2.24) is 10.3 Å². The molecule has 1 heterocycles. The van der Waals surface area contributed by atoms with E-state index >= 15 is 0 Å². The predicted molar refractivity (Wildman–Crippen MR) is 69.7 cm³/mol. The van der Waals surface area contributed by atoms with E-state index in [2.05, 4.69) is 15.6 Å². The summed E-state index contributed by atoms with van der Waals surface area (Å²) in [6.07, 6.45) is 3.54. The summed E-state index contributed by atoms with van der Waals surface area (Å²) < 4.78 is 5.01. The molecule has 1 unspecified atom stereocenters. The minimum absolute atomic E-state index is 0.183. The van der Waals surface area contributed by atoms with E-state index in [1.807, 2.05) is 19.9 Å². The fourth-order valence-electron chi connectivity index (χ4n) is 1.31. The van der Waals surface area contributed by atoms with Crippen molar-refractivity contribution < 1.29 is 4.74 Å². The molecule has 0 saturated carbocycles. The number of rotatable bonds is 4. The van der Waals surface area contributed by atoms with E-state index in [0.717, 1.165) is 11.3 Å². The summed E-state index contributed by atoms with van der Waals surface area (Å²) in [4.78, 5) is 4.08. The van der Waals surface area contributed by atoms with Crippen molar-refractivity contribution >= 4 is 23.0 Å². The third-order valence-electron chi connectivity index (χ3n) is 1.93. The maximum absolute atomic E-state index is 5.16. The highest BCUT2D eigenvalue weighted by Gasteiger charge is 2.03. The van der Waals surface area contributed by atoms with Gasteiger partial charge < -0.3 is 15.4 Å². The Morgan fingerprint density at radius 1 is 1.56 bits per heavy atom. The van der Waals surface area contributed by atoms with E-state index in [1.54, 1.807) is 19.5 Å². The van der Waals surface area contributed by atoms with Crippen LogP contribution in [-0.2, 0) is 4.74 Å². The third kappa shape index (κ3) is 4.55. The molecule has 0 aliphatic rings. The monoisotopic (exact) mass is 239 g/mol. The highest BCUT2D eigenvalue weighted by Crippen LogP contribution is 2.06. The summed E-state index contributed by atoms with van der Waals surface area (Å²) in [5.41, 5.74) is 1.99. The first-order valence-corrected chi connectivity index (χ1v) is 5.50. The molecule has 0 amide bonds. The van der Waals surface area contributed by atoms with Gasteiger partial charge in [0.25, 0.3) is 0 Å². The van der Waals surface area contributed by atoms with E-state index in [0.29, 0.717) is 11.7 Å². The Morgan fingerprint density at radius 3 is 2.94 bits per heavy atom. The summed E-state index contributed by atoms with van der Waals surface area (Å²) in [6, 6.07) is 2.17. The van der Waals surface area contributed by atoms with Gasteiger partial charge in [0.05, 0.1) is 18.5 Å². The average Bonchev–Trinajstić information content (AvgIpc) is 2.17. The molecule has 0 bridgehead atoms. The Labute approximate surface area is 101 Å². The molecule has 0 spiro atoms. The Hall–Kier alpha value is -1.20. The molecule has 1 atom stereocenters. The molecule has 16 heavy (non-hydrogen) atoms. The van der Waals surface area contributed by atoms with Gasteiger partial charge in [0.1, 0.15) is 0 Å². The van der Waals surface area contributed by atoms with Gasteiger partial charge in [0.2, 0.25) is 0 Å². The van der Waals surface area contributed by atoms with Gasteiger partial charge in [0.15, 0.2) is 5.11 Å². The van der Waals surface area contributed by atoms with Crippen LogP contribution in [0.3, 0.4) is 0 Å². The number of anilines is 1. The van der Waals surface area contributed by atoms with Crippen LogP contribution in [0.15, 0.2) is 18.5 Å². The minimum atomic E-state index is 0.183. The second-order valence-electron chi connectivity index (χ2n) is 3.71. The Morgan fingerprint density at radius 2 is 2.31 bits per heavy atom. The molecule has 1 rings (SSSR count). The smallest absolute Gasteiger partial charge is 0.171 e. The van der Waals surface area contributed by atoms with Gasteiger partial charge >= 0.3 is 0 Å². The number of hydrogen-bond donors (Lipinski definition) is 2. The lowest BCUT2D eigenvalue weighted by molar-refractivity contribution is 0.179. The van der Waals surface area contributed by atoms with Crippen LogP contribution in [0.4, 0.5) is 5.69 Å². The fraction of sp³-hybridized carbons (Fsp3) is 0.455. The van der Waals surface area contributed by atoms with Gasteiger partial charge in [-0.05, 0) is 37.7 Å². The normalized spacial score (nSPS) is 11.9. The van der Waals surface area contributed by atoms with Crippen LogP contribution < -0.4 is 10.6 Å². The topological polar surface area (TPSA) is 46.2 Å². The molecule has 1 aromatic heterocycles. The first-order valence-electron chi connectivity index (χ1n) is 5.10. The number of ether oxygens (including phenoxy) is 1. The first kappa shape index (κ1) is 12.9. The van der Waals surface area contributed by atoms with E-state index in [9.17, 15) is 0 Å². The van der Waals surface area contributed by atoms with Crippen LogP contribution in [0.2, 0.25) is 0 Å². The lowest BCUT2D eigenvalue weighted by Gasteiger charge is -2.16. The SMILES string of the molecule is COCC(C)NC(=S)Nc1cncc(C)c1. The van der Waals surface area contributed by atoms with Gasteiger partial charge in [0, 0.05) is 19.3 Å². The summed E-state index contributed by atoms with van der Waals surface area (Å²) >= 11 is 5.16. The fourth-order valence-corrected chi connectivity index (χ4v) is 1.62. The van der Waals surface area contributed by atoms with Crippen LogP contribution in [0, 0.1) is 6.92 Å². The molecular weight excluding hydrogens is 222 g/mol. The largest absolute Gasteiger partial charge is 0.383 e.